The van der Waals surface area contributed by atoms with Crippen molar-refractivity contribution in [1.29, 1.82) is 0 Å². The van der Waals surface area contributed by atoms with E-state index in [9.17, 15) is 0 Å². The Labute approximate surface area is 151 Å². The Hall–Kier alpha value is 0.740. The molecular formula is C19H38Na. The van der Waals surface area contributed by atoms with Gasteiger partial charge in [0.05, 0.1) is 0 Å². The topological polar surface area (TPSA) is 0 Å². The predicted molar refractivity (Wildman–Crippen MR) is 96.6 cm³/mol. The van der Waals surface area contributed by atoms with E-state index in [-0.39, 0.29) is 29.6 Å². The van der Waals surface area contributed by atoms with Gasteiger partial charge in [-0.15, -0.1) is 0 Å². The van der Waals surface area contributed by atoms with Crippen LogP contribution >= 0.6 is 0 Å². The molecule has 0 N–H and O–H groups in total. The molecule has 0 unspecified atom stereocenters. The summed E-state index contributed by atoms with van der Waals surface area (Å²) in [5.74, 6) is 0. The van der Waals surface area contributed by atoms with Gasteiger partial charge in [0.15, 0.2) is 0 Å². The average Bonchev–Trinajstić information content (AvgIpc) is 2.43. The Morgan fingerprint density at radius 2 is 1.00 bits per heavy atom. The maximum absolute atomic E-state index is 3.88. The number of hydrogen-bond acceptors (Lipinski definition) is 0. The summed E-state index contributed by atoms with van der Waals surface area (Å²) in [6.07, 6.45) is 25.3. The van der Waals surface area contributed by atoms with Crippen LogP contribution in [0.15, 0.2) is 12.2 Å². The summed E-state index contributed by atoms with van der Waals surface area (Å²) in [6, 6.07) is 0. The van der Waals surface area contributed by atoms with E-state index in [2.05, 4.69) is 26.0 Å². The van der Waals surface area contributed by atoms with Crippen LogP contribution in [0.25, 0.3) is 0 Å². The van der Waals surface area contributed by atoms with Crippen molar-refractivity contribution >= 4 is 29.6 Å². The quantitative estimate of drug-likeness (QED) is 0.181. The monoisotopic (exact) mass is 289 g/mol. The molecule has 20 heavy (non-hydrogen) atoms. The number of hydrogen-bond donors (Lipinski definition) is 0. The fraction of sp³-hybridized carbons (Fsp3) is 0.842. The first-order valence-corrected chi connectivity index (χ1v) is 8.86. The Balaban J connectivity index is 0. The SMILES string of the molecule is [CH2]CCCCCCCC/C=C\CCCCCCCC.[NaH]. The zero-order valence-corrected chi connectivity index (χ0v) is 13.5. The first-order valence-electron chi connectivity index (χ1n) is 8.86. The third-order valence-electron chi connectivity index (χ3n) is 3.76. The van der Waals surface area contributed by atoms with Crippen molar-refractivity contribution in [2.45, 2.75) is 103 Å². The summed E-state index contributed by atoms with van der Waals surface area (Å²) < 4.78 is 0. The van der Waals surface area contributed by atoms with Gasteiger partial charge in [-0.05, 0) is 25.7 Å². The standard InChI is InChI=1S/C19H37.Na.H/c1-3-5-7-9-11-13-15-17-19-18-16-14-12-10-8-6-4-2;;/h18-19H,1,3-17H2,2H3;;/b19-18-;;. The van der Waals surface area contributed by atoms with E-state index in [0.717, 1.165) is 6.42 Å². The molecule has 0 atom stereocenters. The molecular weight excluding hydrogens is 251 g/mol. The molecule has 0 rings (SSSR count). The van der Waals surface area contributed by atoms with Gasteiger partial charge in [0, 0.05) is 0 Å². The van der Waals surface area contributed by atoms with Crippen LogP contribution in [0.2, 0.25) is 0 Å². The predicted octanol–water partition coefficient (Wildman–Crippen LogP) is 6.60. The van der Waals surface area contributed by atoms with Crippen LogP contribution in [-0.2, 0) is 0 Å². The summed E-state index contributed by atoms with van der Waals surface area (Å²) in [5.41, 5.74) is 0. The minimum atomic E-state index is 0. The molecule has 0 aliphatic carbocycles. The van der Waals surface area contributed by atoms with Crippen molar-refractivity contribution in [2.24, 2.45) is 0 Å². The number of unbranched alkanes of at least 4 members (excludes halogenated alkanes) is 13. The molecule has 0 bridgehead atoms. The second-order valence-corrected chi connectivity index (χ2v) is 5.79. The van der Waals surface area contributed by atoms with Crippen molar-refractivity contribution in [1.82, 2.24) is 0 Å². The van der Waals surface area contributed by atoms with E-state index >= 15 is 0 Å². The van der Waals surface area contributed by atoms with Crippen LogP contribution in [-0.4, -0.2) is 29.6 Å². The second kappa shape index (κ2) is 22.0. The van der Waals surface area contributed by atoms with Crippen LogP contribution in [0.4, 0.5) is 0 Å². The zero-order valence-electron chi connectivity index (χ0n) is 13.5. The van der Waals surface area contributed by atoms with Gasteiger partial charge < -0.3 is 0 Å². The maximum atomic E-state index is 3.88. The third-order valence-corrected chi connectivity index (χ3v) is 3.76. The van der Waals surface area contributed by atoms with Crippen LogP contribution in [0.3, 0.4) is 0 Å². The van der Waals surface area contributed by atoms with Gasteiger partial charge in [-0.1, -0.05) is 96.6 Å². The van der Waals surface area contributed by atoms with Crippen molar-refractivity contribution in [3.63, 3.8) is 0 Å². The molecule has 115 valence electrons. The van der Waals surface area contributed by atoms with E-state index in [4.69, 9.17) is 0 Å². The summed E-state index contributed by atoms with van der Waals surface area (Å²) >= 11 is 0. The Bertz CT molecular complexity index is 175. The molecule has 0 spiro atoms. The third kappa shape index (κ3) is 21.0. The molecule has 0 aromatic heterocycles. The van der Waals surface area contributed by atoms with E-state index in [1.807, 2.05) is 0 Å². The van der Waals surface area contributed by atoms with Gasteiger partial charge in [-0.25, -0.2) is 0 Å². The average molecular weight is 290 g/mol. The van der Waals surface area contributed by atoms with E-state index < -0.39 is 0 Å². The van der Waals surface area contributed by atoms with E-state index in [1.165, 1.54) is 89.9 Å². The van der Waals surface area contributed by atoms with Crippen molar-refractivity contribution in [3.8, 4) is 0 Å². The summed E-state index contributed by atoms with van der Waals surface area (Å²) in [5, 5.41) is 0. The van der Waals surface area contributed by atoms with Crippen LogP contribution < -0.4 is 0 Å². The van der Waals surface area contributed by atoms with Crippen molar-refractivity contribution in [3.05, 3.63) is 19.1 Å². The molecule has 1 heteroatoms. The molecule has 0 aliphatic rings. The van der Waals surface area contributed by atoms with Crippen molar-refractivity contribution < 1.29 is 0 Å². The Morgan fingerprint density at radius 3 is 1.45 bits per heavy atom. The fourth-order valence-corrected chi connectivity index (χ4v) is 2.42. The zero-order chi connectivity index (χ0) is 14.0. The van der Waals surface area contributed by atoms with E-state index in [1.54, 1.807) is 0 Å². The first kappa shape index (κ1) is 23.0. The fourth-order valence-electron chi connectivity index (χ4n) is 2.42. The van der Waals surface area contributed by atoms with Crippen LogP contribution in [0.1, 0.15) is 103 Å². The number of rotatable bonds is 15. The molecule has 0 heterocycles. The Morgan fingerprint density at radius 1 is 0.600 bits per heavy atom. The van der Waals surface area contributed by atoms with Gasteiger partial charge in [-0.2, -0.15) is 0 Å². The van der Waals surface area contributed by atoms with Crippen LogP contribution in [0.5, 0.6) is 0 Å². The summed E-state index contributed by atoms with van der Waals surface area (Å²) in [6.45, 7) is 6.16. The van der Waals surface area contributed by atoms with Crippen molar-refractivity contribution in [2.75, 3.05) is 0 Å². The van der Waals surface area contributed by atoms with Gasteiger partial charge in [0.2, 0.25) is 0 Å². The second-order valence-electron chi connectivity index (χ2n) is 5.79. The molecule has 0 aliphatic heterocycles. The van der Waals surface area contributed by atoms with Gasteiger partial charge in [0.25, 0.3) is 0 Å². The van der Waals surface area contributed by atoms with E-state index in [0.29, 0.717) is 0 Å². The molecule has 0 aromatic carbocycles. The molecule has 1 radical (unpaired) electrons. The molecule has 0 nitrogen and oxygen atoms in total. The molecule has 0 amide bonds. The minimum absolute atomic E-state index is 0. The van der Waals surface area contributed by atoms with Gasteiger partial charge in [0.1, 0.15) is 0 Å². The first-order chi connectivity index (χ1) is 9.41. The normalized spacial score (nSPS) is 10.9. The summed E-state index contributed by atoms with van der Waals surface area (Å²) in [4.78, 5) is 0. The molecule has 0 saturated carbocycles. The summed E-state index contributed by atoms with van der Waals surface area (Å²) in [7, 11) is 0. The van der Waals surface area contributed by atoms with Gasteiger partial charge >= 0.3 is 29.6 Å². The number of allylic oxidation sites excluding steroid dienone is 2. The van der Waals surface area contributed by atoms with Crippen LogP contribution in [0, 0.1) is 6.92 Å². The van der Waals surface area contributed by atoms with Gasteiger partial charge in [-0.3, -0.25) is 0 Å². The molecule has 0 fully saturated rings. The molecule has 0 aromatic rings. The Kier molecular flexibility index (Phi) is 25.3. The molecule has 0 saturated heterocycles.